The molecule has 8 heterocycles. The van der Waals surface area contributed by atoms with Crippen LogP contribution in [0.3, 0.4) is 0 Å². The summed E-state index contributed by atoms with van der Waals surface area (Å²) in [5, 5.41) is 4.25. The summed E-state index contributed by atoms with van der Waals surface area (Å²) >= 11 is 0. The van der Waals surface area contributed by atoms with E-state index in [9.17, 15) is 57.9 Å². The van der Waals surface area contributed by atoms with E-state index in [-0.39, 0.29) is 90.4 Å². The first-order valence-corrected chi connectivity index (χ1v) is 46.3. The van der Waals surface area contributed by atoms with Gasteiger partial charge in [0.2, 0.25) is 11.8 Å². The van der Waals surface area contributed by atoms with Gasteiger partial charge >= 0.3 is 0 Å². The summed E-state index contributed by atoms with van der Waals surface area (Å²) in [4.78, 5) is 22.7. The molecule has 29 heteroatoms. The predicted molar refractivity (Wildman–Crippen MR) is 545 cm³/mol. The minimum atomic E-state index is -0.818. The number of fused-ring (bicyclic) bond motifs is 8. The highest BCUT2D eigenvalue weighted by Gasteiger charge is 2.30. The largest absolute Gasteiger partial charge is 0.488 e. The van der Waals surface area contributed by atoms with E-state index in [4.69, 9.17) is 37.9 Å². The molecular weight excluding hydrogens is 1830 g/mol. The lowest BCUT2D eigenvalue weighted by Gasteiger charge is -2.22. The van der Waals surface area contributed by atoms with Crippen LogP contribution in [0.15, 0.2) is 140 Å². The van der Waals surface area contributed by atoms with Crippen molar-refractivity contribution in [2.45, 2.75) is 266 Å². The van der Waals surface area contributed by atoms with Gasteiger partial charge in [-0.3, -0.25) is 18.7 Å². The number of hydrogen-bond donors (Lipinski definition) is 0. The van der Waals surface area contributed by atoms with E-state index < -0.39 is 85.9 Å². The minimum Gasteiger partial charge on any atom is -0.488 e. The molecule has 8 aromatic carbocycles. The molecule has 141 heavy (non-hydrogen) atoms. The van der Waals surface area contributed by atoms with Gasteiger partial charge < -0.3 is 65.3 Å². The Hall–Kier alpha value is -13.0. The van der Waals surface area contributed by atoms with Crippen molar-refractivity contribution >= 4 is 99.0 Å². The second-order valence-electron chi connectivity index (χ2n) is 43.1. The van der Waals surface area contributed by atoms with Crippen molar-refractivity contribution in [3.63, 3.8) is 0 Å². The molecule has 18 nitrogen and oxygen atoms in total. The van der Waals surface area contributed by atoms with E-state index in [2.05, 4.69) is 63.7 Å². The normalized spacial score (nSPS) is 12.1. The maximum atomic E-state index is 14.5. The molecule has 0 fully saturated rings. The SMILES string of the molecule is CC(=O)n1ccc2c(F)c(OC(C)(C)C)c(F)cc21.CC(=O)n1ccc2c(F)c(OC(C)(C)C)cc(F)c21.Cc1c(C)n(C)c2ccc(OC(C)(C)C)c(F)c12.Cc1c(OC(C)(C)C)ccc2c1ccn2C.Cc1cc2c(F)c(OC(C)(C)C)c(F)cc2n1C.Cc1cc2c(F)c(OC(C)(C)C)cc(F)c2n1C.Cc1cc2c(F)c(OC(C)(C)C)ccc2n1C.Cn1ccc2cc(OC(C)(C)C)cc(F)c21. The maximum absolute atomic E-state index is 14.5. The molecule has 16 rings (SSSR count). The molecule has 16 aromatic rings. The molecule has 8 aromatic heterocycles. The molecule has 0 saturated carbocycles. The van der Waals surface area contributed by atoms with E-state index in [1.165, 1.54) is 71.5 Å². The lowest BCUT2D eigenvalue weighted by atomic mass is 10.1. The number of carbonyl (C=O) groups is 2. The van der Waals surface area contributed by atoms with Crippen LogP contribution < -0.4 is 37.9 Å². The Bertz CT molecular complexity index is 7320. The Morgan fingerprint density at radius 3 is 1.13 bits per heavy atom. The number of nitrogens with zero attached hydrogens (tertiary/aromatic N) is 8. The van der Waals surface area contributed by atoms with Crippen LogP contribution in [-0.2, 0) is 42.3 Å². The van der Waals surface area contributed by atoms with Crippen LogP contribution in [0.4, 0.5) is 48.3 Å². The molecule has 0 radical (unpaired) electrons. The van der Waals surface area contributed by atoms with Crippen molar-refractivity contribution in [1.29, 1.82) is 0 Å². The molecule has 0 aliphatic heterocycles. The molecule has 0 saturated heterocycles. The smallest absolute Gasteiger partial charge is 0.228 e. The Labute approximate surface area is 819 Å². The fourth-order valence-electron chi connectivity index (χ4n) is 15.4. The van der Waals surface area contributed by atoms with Gasteiger partial charge in [-0.1, -0.05) is 0 Å². The van der Waals surface area contributed by atoms with Crippen LogP contribution >= 0.6 is 0 Å². The number of carbonyl (C=O) groups excluding carboxylic acids is 2. The zero-order valence-corrected chi connectivity index (χ0v) is 88.6. The summed E-state index contributed by atoms with van der Waals surface area (Å²) in [5.74, 6) is -5.43. The Kier molecular flexibility index (Phi) is 33.3. The molecule has 0 aliphatic carbocycles. The number of benzene rings is 8. The van der Waals surface area contributed by atoms with E-state index >= 15 is 0 Å². The Balaban J connectivity index is 0.000000180. The zero-order valence-electron chi connectivity index (χ0n) is 88.6. The van der Waals surface area contributed by atoms with Gasteiger partial charge in [0.1, 0.15) is 56.3 Å². The van der Waals surface area contributed by atoms with Gasteiger partial charge in [0.15, 0.2) is 98.5 Å². The summed E-state index contributed by atoms with van der Waals surface area (Å²) in [6, 6.07) is 31.2. The number of aromatic nitrogens is 8. The molecule has 0 atom stereocenters. The summed E-state index contributed by atoms with van der Waals surface area (Å²) < 4.78 is 213. The van der Waals surface area contributed by atoms with Gasteiger partial charge in [0.25, 0.3) is 0 Å². The van der Waals surface area contributed by atoms with Crippen molar-refractivity contribution in [3.05, 3.63) is 238 Å². The van der Waals surface area contributed by atoms with E-state index in [1.54, 1.807) is 135 Å². The second kappa shape index (κ2) is 42.1. The zero-order chi connectivity index (χ0) is 106. The predicted octanol–water partition coefficient (Wildman–Crippen LogP) is 30.5. The Morgan fingerprint density at radius 1 is 0.262 bits per heavy atom. The van der Waals surface area contributed by atoms with Crippen LogP contribution in [0.5, 0.6) is 46.0 Å². The van der Waals surface area contributed by atoms with Gasteiger partial charge in [0.05, 0.1) is 38.6 Å². The van der Waals surface area contributed by atoms with Crippen LogP contribution in [0.2, 0.25) is 0 Å². The standard InChI is InChI=1S/C15H20FNO.2C14H15F2NO2.2C14H17F2NO.C14H18FNO.C14H19NO.C13H16FNO/c1-9-10(2)17(6)11-7-8-12(14(16)13(9)11)18-15(3,4)5;1-8(18)17-6-5-9-12(16)11(19-14(2,3)4)7-10(15)13(9)17;1-8(18)17-6-5-9-11(17)7-10(15)13(12(9)16)19-14(2,3)4;1-8-6-9-12(16)11(18-14(2,3)4)7-10(15)13(9)17(8)5;1-8-6-9-11(17(8)5)7-10(15)13(12(9)16)18-14(2,3)4;1-9-8-10-11(16(9)5)6-7-12(13(10)15)17-14(2,3)4;1-10-11-8-9-15(5)12(11)6-7-13(10)16-14(2,3)4;1-13(2,3)16-10-7-9-5-6-15(4)12(9)11(14)8-10/h7-8H,1-6H3;2*5-7H,1-4H3;2*6-7H,1-5H3;6-8H,1-5H3;6-9H,1-5H3;5-8H,1-4H3. The number of rotatable bonds is 8. The van der Waals surface area contributed by atoms with Gasteiger partial charge in [-0.2, -0.15) is 0 Å². The monoisotopic (exact) mass is 1960 g/mol. The van der Waals surface area contributed by atoms with Crippen molar-refractivity contribution < 1.29 is 95.8 Å². The number of halogens is 11. The van der Waals surface area contributed by atoms with Crippen molar-refractivity contribution in [2.24, 2.45) is 42.3 Å². The van der Waals surface area contributed by atoms with Crippen LogP contribution in [0, 0.1) is 106 Å². The second-order valence-corrected chi connectivity index (χ2v) is 43.1. The minimum absolute atomic E-state index is 0.0365. The topological polar surface area (TPSA) is 147 Å². The summed E-state index contributed by atoms with van der Waals surface area (Å²) in [6.07, 6.45) is 6.68. The quantitative estimate of drug-likeness (QED) is 0.135. The highest BCUT2D eigenvalue weighted by molar-refractivity contribution is 5.95. The summed E-state index contributed by atoms with van der Waals surface area (Å²) in [5.41, 5.74) is 6.78. The van der Waals surface area contributed by atoms with Crippen molar-refractivity contribution in [1.82, 2.24) is 36.5 Å². The average Bonchev–Trinajstić information content (AvgIpc) is 1.72. The lowest BCUT2D eigenvalue weighted by Crippen LogP contribution is -2.24. The molecule has 762 valence electrons. The summed E-state index contributed by atoms with van der Waals surface area (Å²) in [6.45, 7) is 58.8. The van der Waals surface area contributed by atoms with Crippen LogP contribution in [-0.4, -0.2) is 93.2 Å². The van der Waals surface area contributed by atoms with E-state index in [0.29, 0.717) is 44.4 Å². The van der Waals surface area contributed by atoms with Gasteiger partial charge in [-0.15, -0.1) is 0 Å². The van der Waals surface area contributed by atoms with Gasteiger partial charge in [0, 0.05) is 188 Å². The Morgan fingerprint density at radius 2 is 0.631 bits per heavy atom. The first kappa shape index (κ1) is 112. The van der Waals surface area contributed by atoms with Crippen LogP contribution in [0.25, 0.3) is 87.2 Å². The first-order valence-electron chi connectivity index (χ1n) is 46.3. The van der Waals surface area contributed by atoms with Crippen molar-refractivity contribution in [2.75, 3.05) is 0 Å². The summed E-state index contributed by atoms with van der Waals surface area (Å²) in [7, 11) is 11.3. The first-order chi connectivity index (χ1) is 64.6. The molecule has 0 spiro atoms. The number of hydrogen-bond acceptors (Lipinski definition) is 10. The highest BCUT2D eigenvalue weighted by Crippen LogP contribution is 2.41. The number of ether oxygens (including phenoxy) is 8. The molecule has 0 bridgehead atoms. The maximum Gasteiger partial charge on any atom is 0.228 e. The molecule has 0 amide bonds. The van der Waals surface area contributed by atoms with E-state index in [0.717, 1.165) is 73.3 Å². The van der Waals surface area contributed by atoms with Crippen molar-refractivity contribution in [3.8, 4) is 46.0 Å². The highest BCUT2D eigenvalue weighted by atomic mass is 19.2. The van der Waals surface area contributed by atoms with Crippen LogP contribution in [0.1, 0.15) is 224 Å². The van der Waals surface area contributed by atoms with Gasteiger partial charge in [-0.05, 0) is 298 Å². The average molecular weight is 1960 g/mol. The fraction of sp³-hybridized carbons (Fsp3) is 0.411. The van der Waals surface area contributed by atoms with Gasteiger partial charge in [-0.25, -0.2) is 48.3 Å². The molecule has 0 unspecified atom stereocenters. The van der Waals surface area contributed by atoms with E-state index in [1.807, 2.05) is 164 Å². The molecule has 0 aliphatic rings. The fourth-order valence-corrected chi connectivity index (χ4v) is 15.4. The third-order valence-electron chi connectivity index (χ3n) is 21.9. The number of aryl methyl sites for hydroxylation is 11. The lowest BCUT2D eigenvalue weighted by molar-refractivity contribution is 0.0932. The third kappa shape index (κ3) is 27.2. The molecular formula is C112H137F11N8O10. The third-order valence-corrected chi connectivity index (χ3v) is 21.9. The molecule has 0 N–H and O–H groups in total.